The molecule has 2 heterocycles. The van der Waals surface area contributed by atoms with E-state index >= 15 is 0 Å². The summed E-state index contributed by atoms with van der Waals surface area (Å²) in [7, 11) is 0. The molecule has 0 aliphatic carbocycles. The average Bonchev–Trinajstić information content (AvgIpc) is 2.74. The first-order chi connectivity index (χ1) is 6.92. The van der Waals surface area contributed by atoms with Gasteiger partial charge in [0.15, 0.2) is 0 Å². The van der Waals surface area contributed by atoms with Gasteiger partial charge < -0.3 is 10.7 Å². The van der Waals surface area contributed by atoms with Crippen LogP contribution in [0.3, 0.4) is 0 Å². The zero-order chi connectivity index (χ0) is 9.80. The third-order valence-electron chi connectivity index (χ3n) is 2.34. The van der Waals surface area contributed by atoms with Crippen molar-refractivity contribution in [1.29, 1.82) is 0 Å². The Morgan fingerprint density at radius 2 is 2.07 bits per heavy atom. The largest absolute Gasteiger partial charge is 0.364 e. The number of hydrogen-bond acceptors (Lipinski definition) is 2. The SMILES string of the molecule is NC[C@@H](c1ccncc1)c1ccc[nH]1. The fourth-order valence-electron chi connectivity index (χ4n) is 1.60. The number of nitrogens with one attached hydrogen (secondary N) is 1. The summed E-state index contributed by atoms with van der Waals surface area (Å²) in [6.45, 7) is 0.602. The number of nitrogens with two attached hydrogens (primary N) is 1. The van der Waals surface area contributed by atoms with Gasteiger partial charge in [-0.3, -0.25) is 4.98 Å². The maximum absolute atomic E-state index is 5.76. The van der Waals surface area contributed by atoms with E-state index in [4.69, 9.17) is 5.73 Å². The molecule has 1 atom stereocenters. The van der Waals surface area contributed by atoms with Crippen LogP contribution in [-0.2, 0) is 0 Å². The van der Waals surface area contributed by atoms with Crippen molar-refractivity contribution in [2.45, 2.75) is 5.92 Å². The molecule has 0 saturated heterocycles. The summed E-state index contributed by atoms with van der Waals surface area (Å²) in [5.74, 6) is 0.244. The molecule has 0 aromatic carbocycles. The number of aromatic amines is 1. The molecule has 0 spiro atoms. The molecule has 3 N–H and O–H groups in total. The topological polar surface area (TPSA) is 54.7 Å². The van der Waals surface area contributed by atoms with Gasteiger partial charge in [0.05, 0.1) is 0 Å². The molecule has 0 fully saturated rings. The van der Waals surface area contributed by atoms with Crippen molar-refractivity contribution in [3.63, 3.8) is 0 Å². The lowest BCUT2D eigenvalue weighted by atomic mass is 9.97. The first-order valence-electron chi connectivity index (χ1n) is 4.65. The van der Waals surface area contributed by atoms with Crippen molar-refractivity contribution in [1.82, 2.24) is 9.97 Å². The second-order valence-electron chi connectivity index (χ2n) is 3.19. The smallest absolute Gasteiger partial charge is 0.0364 e. The fourth-order valence-corrected chi connectivity index (χ4v) is 1.60. The first-order valence-corrected chi connectivity index (χ1v) is 4.65. The van der Waals surface area contributed by atoms with Gasteiger partial charge in [0.1, 0.15) is 0 Å². The molecule has 0 bridgehead atoms. The summed E-state index contributed by atoms with van der Waals surface area (Å²) in [5.41, 5.74) is 8.11. The average molecular weight is 187 g/mol. The molecule has 2 rings (SSSR count). The second kappa shape index (κ2) is 4.07. The third kappa shape index (κ3) is 1.67. The zero-order valence-corrected chi connectivity index (χ0v) is 7.85. The van der Waals surface area contributed by atoms with Crippen LogP contribution in [-0.4, -0.2) is 16.5 Å². The standard InChI is InChI=1S/C11H13N3/c12-8-10(11-2-1-5-14-11)9-3-6-13-7-4-9/h1-7,10,14H,8,12H2/t10-/m0/s1. The first kappa shape index (κ1) is 8.97. The van der Waals surface area contributed by atoms with Crippen LogP contribution in [0.2, 0.25) is 0 Å². The summed E-state index contributed by atoms with van der Waals surface area (Å²) in [6.07, 6.45) is 5.50. The van der Waals surface area contributed by atoms with Crippen LogP contribution in [0.5, 0.6) is 0 Å². The van der Waals surface area contributed by atoms with Crippen LogP contribution >= 0.6 is 0 Å². The van der Waals surface area contributed by atoms with Gasteiger partial charge in [-0.05, 0) is 29.8 Å². The lowest BCUT2D eigenvalue weighted by Crippen LogP contribution is -2.14. The normalized spacial score (nSPS) is 12.6. The van der Waals surface area contributed by atoms with Crippen LogP contribution in [0, 0.1) is 0 Å². The van der Waals surface area contributed by atoms with Gasteiger partial charge >= 0.3 is 0 Å². The monoisotopic (exact) mass is 187 g/mol. The van der Waals surface area contributed by atoms with E-state index in [0.717, 1.165) is 5.69 Å². The second-order valence-corrected chi connectivity index (χ2v) is 3.19. The van der Waals surface area contributed by atoms with Crippen LogP contribution in [0.4, 0.5) is 0 Å². The minimum absolute atomic E-state index is 0.244. The van der Waals surface area contributed by atoms with E-state index in [9.17, 15) is 0 Å². The van der Waals surface area contributed by atoms with Crippen molar-refractivity contribution in [3.8, 4) is 0 Å². The van der Waals surface area contributed by atoms with Crippen molar-refractivity contribution in [3.05, 3.63) is 54.1 Å². The molecular formula is C11H13N3. The number of nitrogens with zero attached hydrogens (tertiary/aromatic N) is 1. The number of pyridine rings is 1. The maximum atomic E-state index is 5.76. The van der Waals surface area contributed by atoms with Gasteiger partial charge in [-0.1, -0.05) is 0 Å². The Balaban J connectivity index is 2.31. The Morgan fingerprint density at radius 3 is 2.64 bits per heavy atom. The molecule has 0 amide bonds. The summed E-state index contributed by atoms with van der Waals surface area (Å²) < 4.78 is 0. The predicted molar refractivity (Wildman–Crippen MR) is 55.9 cm³/mol. The Kier molecular flexibility index (Phi) is 2.60. The van der Waals surface area contributed by atoms with Crippen LogP contribution in [0.15, 0.2) is 42.9 Å². The molecule has 14 heavy (non-hydrogen) atoms. The molecule has 2 aromatic rings. The van der Waals surface area contributed by atoms with E-state index < -0.39 is 0 Å². The summed E-state index contributed by atoms with van der Waals surface area (Å²) in [5, 5.41) is 0. The molecule has 3 heteroatoms. The Morgan fingerprint density at radius 1 is 1.29 bits per heavy atom. The Labute approximate surface area is 83.0 Å². The number of hydrogen-bond donors (Lipinski definition) is 2. The molecular weight excluding hydrogens is 174 g/mol. The molecule has 0 unspecified atom stereocenters. The van der Waals surface area contributed by atoms with Gasteiger partial charge in [-0.25, -0.2) is 0 Å². The molecule has 2 aromatic heterocycles. The third-order valence-corrected chi connectivity index (χ3v) is 2.34. The maximum Gasteiger partial charge on any atom is 0.0364 e. The van der Waals surface area contributed by atoms with Crippen LogP contribution < -0.4 is 5.73 Å². The van der Waals surface area contributed by atoms with Gasteiger partial charge in [0.2, 0.25) is 0 Å². The van der Waals surface area contributed by atoms with Crippen molar-refractivity contribution in [2.75, 3.05) is 6.54 Å². The van der Waals surface area contributed by atoms with Gasteiger partial charge in [0, 0.05) is 36.7 Å². The van der Waals surface area contributed by atoms with Crippen LogP contribution in [0.25, 0.3) is 0 Å². The highest BCUT2D eigenvalue weighted by Crippen LogP contribution is 2.20. The molecule has 72 valence electrons. The van der Waals surface area contributed by atoms with Gasteiger partial charge in [-0.15, -0.1) is 0 Å². The van der Waals surface area contributed by atoms with Crippen molar-refractivity contribution >= 4 is 0 Å². The molecule has 0 aliphatic rings. The summed E-state index contributed by atoms with van der Waals surface area (Å²) in [6, 6.07) is 8.04. The van der Waals surface area contributed by atoms with Crippen LogP contribution in [0.1, 0.15) is 17.2 Å². The quantitative estimate of drug-likeness (QED) is 0.765. The fraction of sp³-hybridized carbons (Fsp3) is 0.182. The number of aromatic nitrogens is 2. The predicted octanol–water partition coefficient (Wildman–Crippen LogP) is 1.50. The highest BCUT2D eigenvalue weighted by atomic mass is 14.7. The van der Waals surface area contributed by atoms with Gasteiger partial charge in [0.25, 0.3) is 0 Å². The lowest BCUT2D eigenvalue weighted by Gasteiger charge is -2.12. The highest BCUT2D eigenvalue weighted by molar-refractivity contribution is 5.27. The minimum atomic E-state index is 0.244. The Bertz CT molecular complexity index is 367. The molecule has 0 saturated carbocycles. The molecule has 0 radical (unpaired) electrons. The highest BCUT2D eigenvalue weighted by Gasteiger charge is 2.11. The number of H-pyrrole nitrogens is 1. The van der Waals surface area contributed by atoms with E-state index in [1.165, 1.54) is 5.56 Å². The molecule has 3 nitrogen and oxygen atoms in total. The number of rotatable bonds is 3. The zero-order valence-electron chi connectivity index (χ0n) is 7.85. The molecule has 0 aliphatic heterocycles. The minimum Gasteiger partial charge on any atom is -0.364 e. The van der Waals surface area contributed by atoms with E-state index in [1.54, 1.807) is 12.4 Å². The lowest BCUT2D eigenvalue weighted by molar-refractivity contribution is 0.792. The van der Waals surface area contributed by atoms with Gasteiger partial charge in [-0.2, -0.15) is 0 Å². The summed E-state index contributed by atoms with van der Waals surface area (Å²) >= 11 is 0. The van der Waals surface area contributed by atoms with Crippen molar-refractivity contribution < 1.29 is 0 Å². The van der Waals surface area contributed by atoms with E-state index in [2.05, 4.69) is 16.0 Å². The van der Waals surface area contributed by atoms with E-state index in [-0.39, 0.29) is 5.92 Å². The van der Waals surface area contributed by atoms with E-state index in [0.29, 0.717) is 6.54 Å². The van der Waals surface area contributed by atoms with E-state index in [1.807, 2.05) is 24.4 Å². The Hall–Kier alpha value is -1.61. The summed E-state index contributed by atoms with van der Waals surface area (Å²) in [4.78, 5) is 7.18. The van der Waals surface area contributed by atoms with Crippen molar-refractivity contribution in [2.24, 2.45) is 5.73 Å².